The molecule has 29 heavy (non-hydrogen) atoms. The van der Waals surface area contributed by atoms with Crippen LogP contribution in [0.25, 0.3) is 11.4 Å². The number of benzene rings is 1. The zero-order chi connectivity index (χ0) is 21.6. The Morgan fingerprint density at radius 2 is 1.86 bits per heavy atom. The number of urea groups is 1. The largest absolute Gasteiger partial charge is 0.435 e. The van der Waals surface area contributed by atoms with Crippen LogP contribution >= 0.6 is 11.8 Å². The molecule has 9 nitrogen and oxygen atoms in total. The van der Waals surface area contributed by atoms with E-state index in [0.717, 1.165) is 11.8 Å². The van der Waals surface area contributed by atoms with Gasteiger partial charge < -0.3 is 15.9 Å². The van der Waals surface area contributed by atoms with Crippen LogP contribution < -0.4 is 21.2 Å². The SMILES string of the molecule is CC(C)CNC(=O)NC(=O)[C@@H](C)Sc1nnc(-c2ccc(OC(F)F)cc2)n1N. The highest BCUT2D eigenvalue weighted by molar-refractivity contribution is 8.00. The number of halogens is 2. The first-order chi connectivity index (χ1) is 13.7. The number of imide groups is 1. The van der Waals surface area contributed by atoms with Crippen LogP contribution in [0, 0.1) is 5.92 Å². The van der Waals surface area contributed by atoms with Crippen molar-refractivity contribution in [1.82, 2.24) is 25.5 Å². The van der Waals surface area contributed by atoms with Crippen LogP contribution in [-0.4, -0.2) is 45.2 Å². The quantitative estimate of drug-likeness (QED) is 0.435. The molecule has 0 aliphatic heterocycles. The lowest BCUT2D eigenvalue weighted by Gasteiger charge is -2.12. The maximum absolute atomic E-state index is 12.2. The smallest absolute Gasteiger partial charge is 0.387 e. The summed E-state index contributed by atoms with van der Waals surface area (Å²) >= 11 is 1.02. The number of nitrogens with zero attached hydrogens (tertiary/aromatic N) is 3. The van der Waals surface area contributed by atoms with Gasteiger partial charge in [0.05, 0.1) is 5.25 Å². The fourth-order valence-electron chi connectivity index (χ4n) is 2.11. The van der Waals surface area contributed by atoms with Gasteiger partial charge >= 0.3 is 12.6 Å². The second-order valence-electron chi connectivity index (χ2n) is 6.43. The Bertz CT molecular complexity index is 844. The summed E-state index contributed by atoms with van der Waals surface area (Å²) < 4.78 is 29.9. The highest BCUT2D eigenvalue weighted by atomic mass is 32.2. The van der Waals surface area contributed by atoms with Crippen molar-refractivity contribution in [3.63, 3.8) is 0 Å². The van der Waals surface area contributed by atoms with E-state index in [0.29, 0.717) is 12.1 Å². The monoisotopic (exact) mass is 428 g/mol. The van der Waals surface area contributed by atoms with Crippen molar-refractivity contribution in [3.8, 4) is 17.1 Å². The minimum Gasteiger partial charge on any atom is -0.435 e. The zero-order valence-corrected chi connectivity index (χ0v) is 16.9. The highest BCUT2D eigenvalue weighted by Gasteiger charge is 2.21. The second kappa shape index (κ2) is 10.0. The predicted molar refractivity (Wildman–Crippen MR) is 104 cm³/mol. The number of alkyl halides is 2. The molecule has 0 fully saturated rings. The fourth-order valence-corrected chi connectivity index (χ4v) is 2.88. The molecule has 0 saturated carbocycles. The van der Waals surface area contributed by atoms with E-state index in [4.69, 9.17) is 5.84 Å². The van der Waals surface area contributed by atoms with Gasteiger partial charge in [-0.1, -0.05) is 25.6 Å². The van der Waals surface area contributed by atoms with Crippen molar-refractivity contribution in [2.45, 2.75) is 37.8 Å². The highest BCUT2D eigenvalue weighted by Crippen LogP contribution is 2.26. The predicted octanol–water partition coefficient (Wildman–Crippen LogP) is 2.22. The van der Waals surface area contributed by atoms with Crippen LogP contribution in [0.3, 0.4) is 0 Å². The number of hydrogen-bond donors (Lipinski definition) is 3. The van der Waals surface area contributed by atoms with E-state index in [1.165, 1.54) is 28.9 Å². The molecule has 0 aliphatic rings. The molecule has 1 aromatic heterocycles. The minimum atomic E-state index is -2.91. The summed E-state index contributed by atoms with van der Waals surface area (Å²) in [5, 5.41) is 12.3. The summed E-state index contributed by atoms with van der Waals surface area (Å²) in [5.41, 5.74) is 0.527. The molecule has 0 radical (unpaired) electrons. The van der Waals surface area contributed by atoms with Gasteiger partial charge in [0.1, 0.15) is 5.75 Å². The summed E-state index contributed by atoms with van der Waals surface area (Å²) in [5.74, 6) is 6.02. The number of aromatic nitrogens is 3. The summed E-state index contributed by atoms with van der Waals surface area (Å²) in [6, 6.07) is 5.16. The van der Waals surface area contributed by atoms with Gasteiger partial charge in [-0.05, 0) is 37.1 Å². The molecule has 0 saturated heterocycles. The van der Waals surface area contributed by atoms with E-state index < -0.39 is 23.8 Å². The fraction of sp³-hybridized carbons (Fsp3) is 0.412. The number of nitrogen functional groups attached to an aromatic ring is 1. The number of nitrogens with one attached hydrogen (secondary N) is 2. The Hall–Kier alpha value is -2.89. The van der Waals surface area contributed by atoms with E-state index in [9.17, 15) is 18.4 Å². The molecule has 2 aromatic rings. The topological polar surface area (TPSA) is 124 Å². The first-order valence-electron chi connectivity index (χ1n) is 8.68. The lowest BCUT2D eigenvalue weighted by Crippen LogP contribution is -2.43. The molecule has 0 unspecified atom stereocenters. The molecule has 3 amide bonds. The molecule has 1 heterocycles. The molecular weight excluding hydrogens is 406 g/mol. The Morgan fingerprint density at radius 3 is 2.45 bits per heavy atom. The van der Waals surface area contributed by atoms with Gasteiger partial charge in [0, 0.05) is 12.1 Å². The Balaban J connectivity index is 1.99. The van der Waals surface area contributed by atoms with Crippen LogP contribution in [0.15, 0.2) is 29.4 Å². The summed E-state index contributed by atoms with van der Waals surface area (Å²) in [6.45, 7) is 3.00. The van der Waals surface area contributed by atoms with Crippen LogP contribution in [0.2, 0.25) is 0 Å². The van der Waals surface area contributed by atoms with E-state index >= 15 is 0 Å². The summed E-state index contributed by atoms with van der Waals surface area (Å²) in [6.07, 6.45) is 0. The number of thioether (sulfide) groups is 1. The van der Waals surface area contributed by atoms with Gasteiger partial charge in [-0.15, -0.1) is 10.2 Å². The van der Waals surface area contributed by atoms with Crippen LogP contribution in [0.4, 0.5) is 13.6 Å². The third-order valence-corrected chi connectivity index (χ3v) is 4.62. The minimum absolute atomic E-state index is 0.00229. The molecule has 2 rings (SSSR count). The van der Waals surface area contributed by atoms with Gasteiger partial charge in [0.15, 0.2) is 5.82 Å². The molecule has 1 aromatic carbocycles. The van der Waals surface area contributed by atoms with Gasteiger partial charge in [-0.2, -0.15) is 8.78 Å². The van der Waals surface area contributed by atoms with Crippen LogP contribution in [-0.2, 0) is 4.79 Å². The standard InChI is InChI=1S/C17H22F2N6O3S/c1-9(2)8-21-16(27)22-14(26)10(3)29-17-24-23-13(25(17)20)11-4-6-12(7-5-11)28-15(18)19/h4-7,9-10,15H,8,20H2,1-3H3,(H2,21,22,26,27)/t10-/m1/s1. The Labute approximate surface area is 170 Å². The van der Waals surface area contributed by atoms with Gasteiger partial charge in [0.2, 0.25) is 11.1 Å². The Morgan fingerprint density at radius 1 is 1.21 bits per heavy atom. The molecule has 158 valence electrons. The third-order valence-electron chi connectivity index (χ3n) is 3.56. The average molecular weight is 428 g/mol. The molecule has 0 aliphatic carbocycles. The lowest BCUT2D eigenvalue weighted by molar-refractivity contribution is -0.119. The van der Waals surface area contributed by atoms with E-state index in [1.54, 1.807) is 6.92 Å². The van der Waals surface area contributed by atoms with Gasteiger partial charge in [0.25, 0.3) is 0 Å². The number of hydrogen-bond acceptors (Lipinski definition) is 7. The summed E-state index contributed by atoms with van der Waals surface area (Å²) in [4.78, 5) is 23.8. The second-order valence-corrected chi connectivity index (χ2v) is 7.74. The van der Waals surface area contributed by atoms with Crippen molar-refractivity contribution in [3.05, 3.63) is 24.3 Å². The lowest BCUT2D eigenvalue weighted by atomic mass is 10.2. The normalized spacial score (nSPS) is 12.1. The molecular formula is C17H22F2N6O3S. The average Bonchev–Trinajstić information content (AvgIpc) is 3.00. The number of carbonyl (C=O) groups excluding carboxylic acids is 2. The van der Waals surface area contributed by atoms with Gasteiger partial charge in [-0.25, -0.2) is 9.47 Å². The van der Waals surface area contributed by atoms with Crippen LogP contribution in [0.1, 0.15) is 20.8 Å². The first kappa shape index (κ1) is 22.4. The van der Waals surface area contributed by atoms with Crippen molar-refractivity contribution in [1.29, 1.82) is 0 Å². The Kier molecular flexibility index (Phi) is 7.76. The third kappa shape index (κ3) is 6.59. The van der Waals surface area contributed by atoms with E-state index in [2.05, 4.69) is 25.6 Å². The van der Waals surface area contributed by atoms with E-state index in [-0.39, 0.29) is 22.6 Å². The zero-order valence-electron chi connectivity index (χ0n) is 16.1. The van der Waals surface area contributed by atoms with Crippen molar-refractivity contribution in [2.75, 3.05) is 12.4 Å². The summed E-state index contributed by atoms with van der Waals surface area (Å²) in [7, 11) is 0. The maximum Gasteiger partial charge on any atom is 0.387 e. The van der Waals surface area contributed by atoms with Crippen molar-refractivity contribution in [2.24, 2.45) is 5.92 Å². The molecule has 12 heteroatoms. The number of nitrogens with two attached hydrogens (primary N) is 1. The van der Waals surface area contributed by atoms with Crippen molar-refractivity contribution >= 4 is 23.7 Å². The molecule has 4 N–H and O–H groups in total. The number of amides is 3. The molecule has 0 bridgehead atoms. The maximum atomic E-state index is 12.2. The van der Waals surface area contributed by atoms with Crippen molar-refractivity contribution < 1.29 is 23.1 Å². The van der Waals surface area contributed by atoms with Crippen LogP contribution in [0.5, 0.6) is 5.75 Å². The van der Waals surface area contributed by atoms with E-state index in [1.807, 2.05) is 13.8 Å². The number of ether oxygens (including phenoxy) is 1. The molecule has 0 spiro atoms. The number of carbonyl (C=O) groups is 2. The molecule has 1 atom stereocenters. The number of rotatable bonds is 8. The first-order valence-corrected chi connectivity index (χ1v) is 9.56. The van der Waals surface area contributed by atoms with Gasteiger partial charge in [-0.3, -0.25) is 10.1 Å².